The van der Waals surface area contributed by atoms with Gasteiger partial charge in [-0.25, -0.2) is 0 Å². The molecule has 3 rings (SSSR count). The van der Waals surface area contributed by atoms with Gasteiger partial charge in [0.25, 0.3) is 0 Å². The van der Waals surface area contributed by atoms with Gasteiger partial charge in [0.15, 0.2) is 0 Å². The lowest BCUT2D eigenvalue weighted by Gasteiger charge is -2.31. The number of hydrogen-bond donors (Lipinski definition) is 1. The van der Waals surface area contributed by atoms with Crippen molar-refractivity contribution < 1.29 is 4.74 Å². The van der Waals surface area contributed by atoms with Crippen molar-refractivity contribution in [3.05, 3.63) is 0 Å². The van der Waals surface area contributed by atoms with Crippen molar-refractivity contribution in [3.63, 3.8) is 0 Å². The van der Waals surface area contributed by atoms with Gasteiger partial charge in [0, 0.05) is 32.8 Å². The first-order valence-electron chi connectivity index (χ1n) is 7.76. The molecule has 0 saturated carbocycles. The Balaban J connectivity index is 0.00000133. The Labute approximate surface area is 123 Å². The molecule has 3 nitrogen and oxygen atoms in total. The average molecular weight is 289 g/mol. The molecule has 4 heteroatoms. The van der Waals surface area contributed by atoms with Crippen LogP contribution in [0.15, 0.2) is 0 Å². The Morgan fingerprint density at radius 1 is 1.21 bits per heavy atom. The number of hydrogen-bond acceptors (Lipinski definition) is 3. The van der Waals surface area contributed by atoms with Crippen LogP contribution in [0.4, 0.5) is 0 Å². The van der Waals surface area contributed by atoms with Crippen molar-refractivity contribution in [2.24, 2.45) is 17.3 Å². The van der Waals surface area contributed by atoms with Crippen molar-refractivity contribution in [2.75, 3.05) is 45.9 Å². The van der Waals surface area contributed by atoms with Gasteiger partial charge in [-0.15, -0.1) is 12.4 Å². The maximum Gasteiger partial charge on any atom is 0.0468 e. The maximum atomic E-state index is 5.49. The molecule has 3 aliphatic heterocycles. The SMILES string of the molecule is CC1(CN2CCC(C3CCOCC3)C2)CCNC1.Cl. The summed E-state index contributed by atoms with van der Waals surface area (Å²) in [6.07, 6.45) is 5.38. The highest BCUT2D eigenvalue weighted by molar-refractivity contribution is 5.85. The van der Waals surface area contributed by atoms with Crippen molar-refractivity contribution in [2.45, 2.75) is 32.6 Å². The van der Waals surface area contributed by atoms with Crippen LogP contribution in [0.1, 0.15) is 32.6 Å². The zero-order chi connectivity index (χ0) is 12.4. The topological polar surface area (TPSA) is 24.5 Å². The third kappa shape index (κ3) is 3.84. The number of rotatable bonds is 3. The van der Waals surface area contributed by atoms with Crippen molar-refractivity contribution in [1.82, 2.24) is 10.2 Å². The summed E-state index contributed by atoms with van der Waals surface area (Å²) in [5.74, 6) is 1.89. The van der Waals surface area contributed by atoms with Crippen LogP contribution in [0, 0.1) is 17.3 Å². The van der Waals surface area contributed by atoms with Crippen molar-refractivity contribution in [3.8, 4) is 0 Å². The molecule has 0 spiro atoms. The Hall–Kier alpha value is 0.170. The highest BCUT2D eigenvalue weighted by atomic mass is 35.5. The summed E-state index contributed by atoms with van der Waals surface area (Å²) < 4.78 is 5.49. The highest BCUT2D eigenvalue weighted by Gasteiger charge is 2.35. The van der Waals surface area contributed by atoms with Gasteiger partial charge in [-0.05, 0) is 56.0 Å². The van der Waals surface area contributed by atoms with E-state index in [1.54, 1.807) is 0 Å². The van der Waals surface area contributed by atoms with Gasteiger partial charge in [-0.3, -0.25) is 0 Å². The fraction of sp³-hybridized carbons (Fsp3) is 1.00. The van der Waals surface area contributed by atoms with E-state index in [0.29, 0.717) is 5.41 Å². The van der Waals surface area contributed by atoms with Crippen LogP contribution in [-0.2, 0) is 4.74 Å². The van der Waals surface area contributed by atoms with Crippen LogP contribution >= 0.6 is 12.4 Å². The molecule has 0 amide bonds. The molecule has 1 N–H and O–H groups in total. The summed E-state index contributed by atoms with van der Waals surface area (Å²) >= 11 is 0. The average Bonchev–Trinajstić information content (AvgIpc) is 3.00. The van der Waals surface area contributed by atoms with Crippen LogP contribution in [-0.4, -0.2) is 50.8 Å². The smallest absolute Gasteiger partial charge is 0.0468 e. The van der Waals surface area contributed by atoms with Crippen LogP contribution < -0.4 is 5.32 Å². The predicted molar refractivity (Wildman–Crippen MR) is 80.9 cm³/mol. The molecule has 0 aromatic heterocycles. The summed E-state index contributed by atoms with van der Waals surface area (Å²) in [4.78, 5) is 2.73. The number of nitrogens with zero attached hydrogens (tertiary/aromatic N) is 1. The lowest BCUT2D eigenvalue weighted by molar-refractivity contribution is 0.0471. The fourth-order valence-corrected chi connectivity index (χ4v) is 4.12. The first kappa shape index (κ1) is 15.6. The lowest BCUT2D eigenvalue weighted by atomic mass is 9.85. The Bertz CT molecular complexity index is 275. The van der Waals surface area contributed by atoms with E-state index in [4.69, 9.17) is 4.74 Å². The van der Waals surface area contributed by atoms with Gasteiger partial charge in [-0.2, -0.15) is 0 Å². The van der Waals surface area contributed by atoms with E-state index < -0.39 is 0 Å². The Morgan fingerprint density at radius 2 is 2.00 bits per heavy atom. The van der Waals surface area contributed by atoms with E-state index in [1.165, 1.54) is 58.4 Å². The molecule has 112 valence electrons. The zero-order valence-corrected chi connectivity index (χ0v) is 13.0. The van der Waals surface area contributed by atoms with E-state index in [-0.39, 0.29) is 12.4 Å². The Morgan fingerprint density at radius 3 is 2.68 bits per heavy atom. The quantitative estimate of drug-likeness (QED) is 0.861. The van der Waals surface area contributed by atoms with Crippen molar-refractivity contribution in [1.29, 1.82) is 0 Å². The highest BCUT2D eigenvalue weighted by Crippen LogP contribution is 2.34. The van der Waals surface area contributed by atoms with E-state index >= 15 is 0 Å². The molecule has 3 saturated heterocycles. The third-order valence-electron chi connectivity index (χ3n) is 5.30. The van der Waals surface area contributed by atoms with Gasteiger partial charge in [0.05, 0.1) is 0 Å². The van der Waals surface area contributed by atoms with Crippen LogP contribution in [0.5, 0.6) is 0 Å². The van der Waals surface area contributed by atoms with Crippen molar-refractivity contribution >= 4 is 12.4 Å². The van der Waals surface area contributed by atoms with Crippen LogP contribution in [0.3, 0.4) is 0 Å². The molecule has 19 heavy (non-hydrogen) atoms. The number of likely N-dealkylation sites (tertiary alicyclic amines) is 1. The maximum absolute atomic E-state index is 5.49. The third-order valence-corrected chi connectivity index (χ3v) is 5.30. The molecular formula is C15H29ClN2O. The summed E-state index contributed by atoms with van der Waals surface area (Å²) in [6, 6.07) is 0. The summed E-state index contributed by atoms with van der Waals surface area (Å²) in [7, 11) is 0. The van der Waals surface area contributed by atoms with Gasteiger partial charge in [-0.1, -0.05) is 6.92 Å². The minimum absolute atomic E-state index is 0. The molecule has 0 aliphatic carbocycles. The summed E-state index contributed by atoms with van der Waals surface area (Å²) in [6.45, 7) is 10.9. The molecule has 0 aromatic carbocycles. The Kier molecular flexibility index (Phi) is 5.53. The normalized spacial score (nSPS) is 37.4. The molecule has 0 aromatic rings. The molecule has 0 bridgehead atoms. The summed E-state index contributed by atoms with van der Waals surface area (Å²) in [5, 5.41) is 3.52. The molecular weight excluding hydrogens is 260 g/mol. The molecule has 2 unspecified atom stereocenters. The molecule has 2 atom stereocenters. The van der Waals surface area contributed by atoms with Gasteiger partial charge in [0.2, 0.25) is 0 Å². The largest absolute Gasteiger partial charge is 0.381 e. The van der Waals surface area contributed by atoms with Gasteiger partial charge < -0.3 is 15.0 Å². The number of halogens is 1. The van der Waals surface area contributed by atoms with Gasteiger partial charge in [0.1, 0.15) is 0 Å². The van der Waals surface area contributed by atoms with E-state index in [0.717, 1.165) is 25.0 Å². The minimum atomic E-state index is 0. The fourth-order valence-electron chi connectivity index (χ4n) is 4.12. The number of ether oxygens (including phenoxy) is 1. The first-order valence-corrected chi connectivity index (χ1v) is 7.76. The predicted octanol–water partition coefficient (Wildman–Crippen LogP) is 2.16. The molecule has 0 radical (unpaired) electrons. The summed E-state index contributed by atoms with van der Waals surface area (Å²) in [5.41, 5.74) is 0.532. The monoisotopic (exact) mass is 288 g/mol. The second-order valence-corrected chi connectivity index (χ2v) is 6.97. The standard InChI is InChI=1S/C15H28N2O.ClH/c1-15(5-6-16-11-15)12-17-7-2-14(10-17)13-3-8-18-9-4-13;/h13-14,16H,2-12H2,1H3;1H. The van der Waals surface area contributed by atoms with Crippen LogP contribution in [0.2, 0.25) is 0 Å². The molecule has 3 heterocycles. The second kappa shape index (κ2) is 6.75. The molecule has 3 fully saturated rings. The van der Waals surface area contributed by atoms with E-state index in [9.17, 15) is 0 Å². The minimum Gasteiger partial charge on any atom is -0.381 e. The van der Waals surface area contributed by atoms with Gasteiger partial charge >= 0.3 is 0 Å². The lowest BCUT2D eigenvalue weighted by Crippen LogP contribution is -2.36. The molecule has 3 aliphatic rings. The van der Waals surface area contributed by atoms with Crippen LogP contribution in [0.25, 0.3) is 0 Å². The first-order chi connectivity index (χ1) is 8.75. The van der Waals surface area contributed by atoms with E-state index in [2.05, 4.69) is 17.1 Å². The zero-order valence-electron chi connectivity index (χ0n) is 12.2. The second-order valence-electron chi connectivity index (χ2n) is 6.97. The number of nitrogens with one attached hydrogen (secondary N) is 1. The van der Waals surface area contributed by atoms with E-state index in [1.807, 2.05) is 0 Å².